The summed E-state index contributed by atoms with van der Waals surface area (Å²) in [6.07, 6.45) is 1.56. The second-order valence-corrected chi connectivity index (χ2v) is 6.49. The summed E-state index contributed by atoms with van der Waals surface area (Å²) in [4.78, 5) is 24.0. The van der Waals surface area contributed by atoms with Crippen LogP contribution in [0.1, 0.15) is 39.5 Å². The van der Waals surface area contributed by atoms with Crippen LogP contribution in [0.4, 0.5) is 10.1 Å². The highest BCUT2D eigenvalue weighted by Gasteiger charge is 2.34. The van der Waals surface area contributed by atoms with Gasteiger partial charge in [-0.25, -0.2) is 9.18 Å². The molecule has 0 spiro atoms. The maximum absolute atomic E-state index is 13.4. The highest BCUT2D eigenvalue weighted by molar-refractivity contribution is 6.04. The first-order valence-corrected chi connectivity index (χ1v) is 8.52. The average Bonchev–Trinajstić information content (AvgIpc) is 3.07. The van der Waals surface area contributed by atoms with Crippen LogP contribution < -0.4 is 5.32 Å². The van der Waals surface area contributed by atoms with Crippen LogP contribution in [0.3, 0.4) is 0 Å². The standard InChI is InChI=1S/C21H14FN3O3/c22-14-5-7-15(8-6-14)25-11-17(21(27)28)19-20(25)16(9-18(26)24-19)13-3-1-12(10-23)2-4-13/h1-8,11,16H,9H2,(H,24,26)(H,27,28)/t16-/m0/s1. The number of rotatable bonds is 3. The molecule has 4 rings (SSSR count). The lowest BCUT2D eigenvalue weighted by Crippen LogP contribution is -2.25. The monoisotopic (exact) mass is 375 g/mol. The number of nitrogens with one attached hydrogen (secondary N) is 1. The molecule has 0 unspecified atom stereocenters. The highest BCUT2D eigenvalue weighted by atomic mass is 19.1. The number of hydrogen-bond donors (Lipinski definition) is 2. The largest absolute Gasteiger partial charge is 0.478 e. The van der Waals surface area contributed by atoms with Crippen molar-refractivity contribution in [3.8, 4) is 11.8 Å². The van der Waals surface area contributed by atoms with Gasteiger partial charge in [-0.3, -0.25) is 4.79 Å². The molecule has 2 heterocycles. The SMILES string of the molecule is N#Cc1ccc([C@@H]2CC(=O)Nc3c(C(=O)O)cn(-c4ccc(F)cc4)c32)cc1. The Hall–Kier alpha value is -3.92. The van der Waals surface area contributed by atoms with Crippen molar-refractivity contribution in [1.82, 2.24) is 4.57 Å². The number of benzene rings is 2. The topological polar surface area (TPSA) is 95.1 Å². The number of aromatic carboxylic acids is 1. The number of aromatic nitrogens is 1. The number of carbonyl (C=O) groups excluding carboxylic acids is 1. The van der Waals surface area contributed by atoms with Gasteiger partial charge >= 0.3 is 5.97 Å². The van der Waals surface area contributed by atoms with Gasteiger partial charge < -0.3 is 15.0 Å². The van der Waals surface area contributed by atoms with Crippen LogP contribution >= 0.6 is 0 Å². The molecule has 0 saturated carbocycles. The van der Waals surface area contributed by atoms with Gasteiger partial charge in [0.2, 0.25) is 5.91 Å². The quantitative estimate of drug-likeness (QED) is 0.730. The van der Waals surface area contributed by atoms with Gasteiger partial charge in [0, 0.05) is 24.2 Å². The third kappa shape index (κ3) is 2.91. The van der Waals surface area contributed by atoms with Crippen LogP contribution in [0, 0.1) is 17.1 Å². The molecule has 1 aromatic heterocycles. The van der Waals surface area contributed by atoms with Crippen molar-refractivity contribution in [1.29, 1.82) is 5.26 Å². The number of nitriles is 1. The molecule has 1 atom stereocenters. The summed E-state index contributed by atoms with van der Waals surface area (Å²) in [5.74, 6) is -2.27. The molecule has 3 aromatic rings. The summed E-state index contributed by atoms with van der Waals surface area (Å²) < 4.78 is 15.0. The van der Waals surface area contributed by atoms with Crippen LogP contribution in [0.15, 0.2) is 54.7 Å². The molecule has 0 radical (unpaired) electrons. The highest BCUT2D eigenvalue weighted by Crippen LogP contribution is 2.41. The van der Waals surface area contributed by atoms with Gasteiger partial charge in [0.15, 0.2) is 0 Å². The third-order valence-corrected chi connectivity index (χ3v) is 4.80. The normalized spacial score (nSPS) is 15.4. The first kappa shape index (κ1) is 17.5. The van der Waals surface area contributed by atoms with Crippen molar-refractivity contribution >= 4 is 17.6 Å². The molecule has 138 valence electrons. The Morgan fingerprint density at radius 2 is 1.86 bits per heavy atom. The Morgan fingerprint density at radius 3 is 2.46 bits per heavy atom. The molecule has 0 bridgehead atoms. The van der Waals surface area contributed by atoms with E-state index in [1.807, 2.05) is 6.07 Å². The zero-order chi connectivity index (χ0) is 19.8. The maximum atomic E-state index is 13.4. The minimum absolute atomic E-state index is 0.0361. The number of nitrogens with zero attached hydrogens (tertiary/aromatic N) is 2. The van der Waals surface area contributed by atoms with Crippen LogP contribution in [-0.2, 0) is 4.79 Å². The summed E-state index contributed by atoms with van der Waals surface area (Å²) >= 11 is 0. The van der Waals surface area contributed by atoms with E-state index in [1.165, 1.54) is 18.3 Å². The van der Waals surface area contributed by atoms with E-state index in [0.717, 1.165) is 5.56 Å². The Morgan fingerprint density at radius 1 is 1.18 bits per heavy atom. The van der Waals surface area contributed by atoms with E-state index in [2.05, 4.69) is 5.32 Å². The van der Waals surface area contributed by atoms with Gasteiger partial charge in [0.05, 0.1) is 23.0 Å². The van der Waals surface area contributed by atoms with Crippen LogP contribution in [0.5, 0.6) is 0 Å². The van der Waals surface area contributed by atoms with Crippen LogP contribution in [-0.4, -0.2) is 21.6 Å². The molecule has 0 fully saturated rings. The van der Waals surface area contributed by atoms with E-state index in [-0.39, 0.29) is 23.6 Å². The smallest absolute Gasteiger partial charge is 0.339 e. The second-order valence-electron chi connectivity index (χ2n) is 6.49. The average molecular weight is 375 g/mol. The lowest BCUT2D eigenvalue weighted by atomic mass is 9.88. The van der Waals surface area contributed by atoms with E-state index < -0.39 is 17.7 Å². The Bertz CT molecular complexity index is 1130. The zero-order valence-corrected chi connectivity index (χ0v) is 14.5. The number of anilines is 1. The number of halogens is 1. The number of carbonyl (C=O) groups is 2. The van der Waals surface area contributed by atoms with Gasteiger partial charge in [-0.1, -0.05) is 12.1 Å². The van der Waals surface area contributed by atoms with Gasteiger partial charge in [-0.15, -0.1) is 0 Å². The molecular formula is C21H14FN3O3. The molecule has 0 saturated heterocycles. The van der Waals surface area contributed by atoms with Gasteiger partial charge in [-0.05, 0) is 42.0 Å². The summed E-state index contributed by atoms with van der Waals surface area (Å²) in [5.41, 5.74) is 2.67. The first-order valence-electron chi connectivity index (χ1n) is 8.52. The Labute approximate surface area is 159 Å². The minimum atomic E-state index is -1.17. The van der Waals surface area contributed by atoms with Crippen molar-refractivity contribution in [3.05, 3.63) is 82.9 Å². The van der Waals surface area contributed by atoms with Gasteiger partial charge in [-0.2, -0.15) is 5.26 Å². The van der Waals surface area contributed by atoms with Crippen molar-refractivity contribution in [2.45, 2.75) is 12.3 Å². The zero-order valence-electron chi connectivity index (χ0n) is 14.5. The summed E-state index contributed by atoms with van der Waals surface area (Å²) in [5, 5.41) is 21.3. The molecule has 0 aliphatic carbocycles. The van der Waals surface area contributed by atoms with Crippen LogP contribution in [0.25, 0.3) is 5.69 Å². The Balaban J connectivity index is 1.94. The molecule has 1 amide bonds. The number of carboxylic acid groups (broad SMARTS) is 1. The summed E-state index contributed by atoms with van der Waals surface area (Å²) in [6.45, 7) is 0. The molecule has 2 aromatic carbocycles. The predicted octanol–water partition coefficient (Wildman–Crippen LogP) is 3.66. The van der Waals surface area contributed by atoms with E-state index in [9.17, 15) is 19.1 Å². The lowest BCUT2D eigenvalue weighted by molar-refractivity contribution is -0.116. The molecule has 1 aliphatic heterocycles. The van der Waals surface area contributed by atoms with Crippen molar-refractivity contribution in [2.24, 2.45) is 0 Å². The molecular weight excluding hydrogens is 361 g/mol. The van der Waals surface area contributed by atoms with Crippen LogP contribution in [0.2, 0.25) is 0 Å². The number of fused-ring (bicyclic) bond motifs is 1. The number of hydrogen-bond acceptors (Lipinski definition) is 3. The fraction of sp³-hybridized carbons (Fsp3) is 0.0952. The van der Waals surface area contributed by atoms with E-state index >= 15 is 0 Å². The summed E-state index contributed by atoms with van der Waals surface area (Å²) in [6, 6.07) is 14.6. The maximum Gasteiger partial charge on any atom is 0.339 e. The van der Waals surface area contributed by atoms with Crippen molar-refractivity contribution in [2.75, 3.05) is 5.32 Å². The molecule has 2 N–H and O–H groups in total. The lowest BCUT2D eigenvalue weighted by Gasteiger charge is -2.26. The minimum Gasteiger partial charge on any atom is -0.478 e. The van der Waals surface area contributed by atoms with E-state index in [4.69, 9.17) is 5.26 Å². The van der Waals surface area contributed by atoms with E-state index in [0.29, 0.717) is 16.9 Å². The molecule has 1 aliphatic rings. The fourth-order valence-corrected chi connectivity index (χ4v) is 3.51. The van der Waals surface area contributed by atoms with E-state index in [1.54, 1.807) is 41.0 Å². The molecule has 28 heavy (non-hydrogen) atoms. The summed E-state index contributed by atoms with van der Waals surface area (Å²) in [7, 11) is 0. The second kappa shape index (κ2) is 6.67. The van der Waals surface area contributed by atoms with Gasteiger partial charge in [0.25, 0.3) is 0 Å². The molecule has 6 nitrogen and oxygen atoms in total. The van der Waals surface area contributed by atoms with Gasteiger partial charge in [0.1, 0.15) is 11.4 Å². The third-order valence-electron chi connectivity index (χ3n) is 4.80. The van der Waals surface area contributed by atoms with Crippen molar-refractivity contribution < 1.29 is 19.1 Å². The fourth-order valence-electron chi connectivity index (χ4n) is 3.51. The predicted molar refractivity (Wildman–Crippen MR) is 98.9 cm³/mol. The molecule has 7 heteroatoms. The van der Waals surface area contributed by atoms with Crippen molar-refractivity contribution in [3.63, 3.8) is 0 Å². The first-order chi connectivity index (χ1) is 13.5. The number of carboxylic acids is 1. The Kier molecular flexibility index (Phi) is 4.17. The number of amides is 1.